The number of carbonyl (C=O) groups excluding carboxylic acids is 1. The Hall–Kier alpha value is -2.44. The molecule has 2 aromatic heterocycles. The van der Waals surface area contributed by atoms with Gasteiger partial charge in [-0.1, -0.05) is 6.92 Å². The maximum atomic E-state index is 12.8. The third-order valence-corrected chi connectivity index (χ3v) is 4.55. The molecule has 1 aliphatic heterocycles. The average molecular weight is 316 g/mol. The van der Waals surface area contributed by atoms with Crippen LogP contribution in [0.4, 0.5) is 0 Å². The molecule has 122 valence electrons. The number of aromatic nitrogens is 3. The van der Waals surface area contributed by atoms with E-state index in [1.54, 1.807) is 28.8 Å². The molecule has 7 nitrogen and oxygen atoms in total. The Morgan fingerprint density at radius 3 is 2.74 bits per heavy atom. The highest BCUT2D eigenvalue weighted by Gasteiger charge is 2.37. The summed E-state index contributed by atoms with van der Waals surface area (Å²) in [4.78, 5) is 30.1. The zero-order valence-corrected chi connectivity index (χ0v) is 13.5. The maximum Gasteiger partial charge on any atom is 0.308 e. The van der Waals surface area contributed by atoms with E-state index in [-0.39, 0.29) is 18.4 Å². The SMILES string of the molecule is CCn1ncc2cc(C(=O)N3C[C@@H](C)[C@H](C(=O)O)C3)c(C)nc21. The number of nitrogens with zero attached hydrogens (tertiary/aromatic N) is 4. The van der Waals surface area contributed by atoms with Gasteiger partial charge in [0.2, 0.25) is 0 Å². The molecule has 2 aromatic rings. The smallest absolute Gasteiger partial charge is 0.308 e. The number of aryl methyl sites for hydroxylation is 2. The summed E-state index contributed by atoms with van der Waals surface area (Å²) in [6, 6.07) is 1.80. The molecule has 0 spiro atoms. The number of hydrogen-bond acceptors (Lipinski definition) is 4. The minimum absolute atomic E-state index is 0.0451. The second-order valence-corrected chi connectivity index (χ2v) is 6.13. The highest BCUT2D eigenvalue weighted by Crippen LogP contribution is 2.26. The number of carboxylic acid groups (broad SMARTS) is 1. The molecule has 1 aliphatic rings. The van der Waals surface area contributed by atoms with E-state index in [1.807, 2.05) is 13.8 Å². The van der Waals surface area contributed by atoms with Crippen LogP contribution in [0.25, 0.3) is 11.0 Å². The Morgan fingerprint density at radius 2 is 2.13 bits per heavy atom. The van der Waals surface area contributed by atoms with E-state index in [4.69, 9.17) is 0 Å². The lowest BCUT2D eigenvalue weighted by molar-refractivity contribution is -0.142. The van der Waals surface area contributed by atoms with Crippen molar-refractivity contribution in [1.29, 1.82) is 0 Å². The third-order valence-electron chi connectivity index (χ3n) is 4.55. The molecule has 1 N–H and O–H groups in total. The second kappa shape index (κ2) is 5.64. The fourth-order valence-electron chi connectivity index (χ4n) is 3.17. The molecule has 23 heavy (non-hydrogen) atoms. The Bertz CT molecular complexity index is 783. The molecule has 1 saturated heterocycles. The summed E-state index contributed by atoms with van der Waals surface area (Å²) >= 11 is 0. The number of fused-ring (bicyclic) bond motifs is 1. The highest BCUT2D eigenvalue weighted by atomic mass is 16.4. The van der Waals surface area contributed by atoms with Crippen LogP contribution in [0, 0.1) is 18.8 Å². The molecule has 0 bridgehead atoms. The van der Waals surface area contributed by atoms with E-state index in [0.29, 0.717) is 24.3 Å². The van der Waals surface area contributed by atoms with E-state index >= 15 is 0 Å². The fourth-order valence-corrected chi connectivity index (χ4v) is 3.17. The number of rotatable bonds is 3. The van der Waals surface area contributed by atoms with Crippen LogP contribution in [0.2, 0.25) is 0 Å². The predicted octanol–water partition coefficient (Wildman–Crippen LogP) is 1.55. The lowest BCUT2D eigenvalue weighted by Crippen LogP contribution is -2.30. The second-order valence-electron chi connectivity index (χ2n) is 6.13. The van der Waals surface area contributed by atoms with Gasteiger partial charge in [-0.05, 0) is 25.8 Å². The van der Waals surface area contributed by atoms with Crippen LogP contribution in [-0.4, -0.2) is 49.7 Å². The number of pyridine rings is 1. The van der Waals surface area contributed by atoms with Crippen molar-refractivity contribution in [3.8, 4) is 0 Å². The summed E-state index contributed by atoms with van der Waals surface area (Å²) < 4.78 is 1.79. The van der Waals surface area contributed by atoms with Crippen LogP contribution in [-0.2, 0) is 11.3 Å². The lowest BCUT2D eigenvalue weighted by Gasteiger charge is -2.17. The van der Waals surface area contributed by atoms with E-state index in [2.05, 4.69) is 10.1 Å². The summed E-state index contributed by atoms with van der Waals surface area (Å²) in [7, 11) is 0. The zero-order chi connectivity index (χ0) is 16.7. The minimum atomic E-state index is -0.845. The number of carbonyl (C=O) groups is 2. The Kier molecular flexibility index (Phi) is 3.79. The van der Waals surface area contributed by atoms with Crippen molar-refractivity contribution in [3.05, 3.63) is 23.5 Å². The van der Waals surface area contributed by atoms with Crippen LogP contribution in [0.1, 0.15) is 29.9 Å². The first kappa shape index (κ1) is 15.5. The lowest BCUT2D eigenvalue weighted by atomic mass is 9.99. The molecule has 1 amide bonds. The van der Waals surface area contributed by atoms with Gasteiger partial charge >= 0.3 is 5.97 Å². The topological polar surface area (TPSA) is 88.3 Å². The fraction of sp³-hybridized carbons (Fsp3) is 0.500. The van der Waals surface area contributed by atoms with Gasteiger partial charge in [-0.15, -0.1) is 0 Å². The first-order chi connectivity index (χ1) is 10.9. The van der Waals surface area contributed by atoms with Gasteiger partial charge in [0.1, 0.15) is 0 Å². The zero-order valence-electron chi connectivity index (χ0n) is 13.5. The van der Waals surface area contributed by atoms with E-state index < -0.39 is 11.9 Å². The van der Waals surface area contributed by atoms with Gasteiger partial charge in [-0.25, -0.2) is 9.67 Å². The molecular formula is C16H20N4O3. The summed E-state index contributed by atoms with van der Waals surface area (Å²) in [5.74, 6) is -1.55. The maximum absolute atomic E-state index is 12.8. The normalized spacial score (nSPS) is 21.1. The Balaban J connectivity index is 1.92. The molecule has 1 fully saturated rings. The quantitative estimate of drug-likeness (QED) is 0.928. The molecule has 0 radical (unpaired) electrons. The molecule has 0 unspecified atom stereocenters. The molecule has 0 aromatic carbocycles. The van der Waals surface area contributed by atoms with Crippen molar-refractivity contribution >= 4 is 22.9 Å². The van der Waals surface area contributed by atoms with Crippen molar-refractivity contribution < 1.29 is 14.7 Å². The largest absolute Gasteiger partial charge is 0.481 e. The predicted molar refractivity (Wildman–Crippen MR) is 84.1 cm³/mol. The van der Waals surface area contributed by atoms with Crippen LogP contribution >= 0.6 is 0 Å². The number of carboxylic acids is 1. The number of aliphatic carboxylic acids is 1. The summed E-state index contributed by atoms with van der Waals surface area (Å²) in [6.07, 6.45) is 1.70. The van der Waals surface area contributed by atoms with Crippen molar-refractivity contribution in [1.82, 2.24) is 19.7 Å². The van der Waals surface area contributed by atoms with Crippen molar-refractivity contribution in [3.63, 3.8) is 0 Å². The van der Waals surface area contributed by atoms with Crippen molar-refractivity contribution in [2.24, 2.45) is 11.8 Å². The first-order valence-electron chi connectivity index (χ1n) is 7.77. The third kappa shape index (κ3) is 2.56. The molecule has 0 saturated carbocycles. The van der Waals surface area contributed by atoms with Gasteiger partial charge in [0.05, 0.1) is 23.4 Å². The molecular weight excluding hydrogens is 296 g/mol. The van der Waals surface area contributed by atoms with Gasteiger partial charge in [0, 0.05) is 25.0 Å². The van der Waals surface area contributed by atoms with E-state index in [0.717, 1.165) is 11.0 Å². The average Bonchev–Trinajstić information content (AvgIpc) is 3.08. The monoisotopic (exact) mass is 316 g/mol. The van der Waals surface area contributed by atoms with Gasteiger partial charge < -0.3 is 10.0 Å². The molecule has 3 heterocycles. The van der Waals surface area contributed by atoms with Gasteiger partial charge in [0.25, 0.3) is 5.91 Å². The van der Waals surface area contributed by atoms with E-state index in [1.165, 1.54) is 0 Å². The summed E-state index contributed by atoms with van der Waals surface area (Å²) in [6.45, 7) is 7.08. The van der Waals surface area contributed by atoms with Crippen LogP contribution in [0.5, 0.6) is 0 Å². The first-order valence-corrected chi connectivity index (χ1v) is 7.77. The number of hydrogen-bond donors (Lipinski definition) is 1. The molecule has 7 heteroatoms. The van der Waals surface area contributed by atoms with Gasteiger partial charge in [-0.2, -0.15) is 5.10 Å². The van der Waals surface area contributed by atoms with E-state index in [9.17, 15) is 14.7 Å². The Morgan fingerprint density at radius 1 is 1.39 bits per heavy atom. The van der Waals surface area contributed by atoms with Crippen LogP contribution < -0.4 is 0 Å². The van der Waals surface area contributed by atoms with Crippen LogP contribution in [0.3, 0.4) is 0 Å². The van der Waals surface area contributed by atoms with Crippen molar-refractivity contribution in [2.45, 2.75) is 27.3 Å². The summed E-state index contributed by atoms with van der Waals surface area (Å²) in [5, 5.41) is 14.3. The molecule has 0 aliphatic carbocycles. The number of likely N-dealkylation sites (tertiary alicyclic amines) is 1. The van der Waals surface area contributed by atoms with Gasteiger partial charge in [-0.3, -0.25) is 9.59 Å². The highest BCUT2D eigenvalue weighted by molar-refractivity contribution is 5.98. The minimum Gasteiger partial charge on any atom is -0.481 e. The standard InChI is InChI=1S/C16H20N4O3/c1-4-20-14-11(6-17-20)5-12(10(3)18-14)15(21)19-7-9(2)13(8-19)16(22)23/h5-6,9,13H,4,7-8H2,1-3H3,(H,22,23)/t9-,13-/m1/s1. The van der Waals surface area contributed by atoms with Crippen molar-refractivity contribution in [2.75, 3.05) is 13.1 Å². The number of amides is 1. The summed E-state index contributed by atoms with van der Waals surface area (Å²) in [5.41, 5.74) is 1.93. The van der Waals surface area contributed by atoms with Gasteiger partial charge in [0.15, 0.2) is 5.65 Å². The molecule has 2 atom stereocenters. The Labute approximate surface area is 133 Å². The van der Waals surface area contributed by atoms with Crippen LogP contribution in [0.15, 0.2) is 12.3 Å². The molecule has 3 rings (SSSR count).